The zero-order chi connectivity index (χ0) is 18.3. The Morgan fingerprint density at radius 3 is 2.88 bits per heavy atom. The first-order chi connectivity index (χ1) is 11.9. The van der Waals surface area contributed by atoms with Gasteiger partial charge in [-0.3, -0.25) is 0 Å². The number of carboxylic acid groups (broad SMARTS) is 1. The van der Waals surface area contributed by atoms with Crippen LogP contribution in [-0.2, 0) is 19.5 Å². The topological polar surface area (TPSA) is 114 Å². The van der Waals surface area contributed by atoms with Crippen molar-refractivity contribution < 1.29 is 27.8 Å². The summed E-state index contributed by atoms with van der Waals surface area (Å²) in [5, 5.41) is 12.4. The number of hydrogen-bond donors (Lipinski definition) is 3. The van der Waals surface area contributed by atoms with E-state index in [4.69, 9.17) is 9.47 Å². The summed E-state index contributed by atoms with van der Waals surface area (Å²) >= 11 is 0. The standard InChI is InChI=1S/C16H24N2O6S/c1-23-8-3-7-18-25(21,22)13-5-6-15(14(10-13)16(19)20)17-11-12-4-2-9-24-12/h5-6,10,12,17-18H,2-4,7-9,11H2,1H3,(H,19,20)/t12-/m0/s1. The molecule has 3 N–H and O–H groups in total. The molecule has 1 aliphatic rings. The van der Waals surface area contributed by atoms with Crippen LogP contribution in [-0.4, -0.2) is 59.0 Å². The average Bonchev–Trinajstić information content (AvgIpc) is 3.10. The highest BCUT2D eigenvalue weighted by Crippen LogP contribution is 2.22. The van der Waals surface area contributed by atoms with Crippen LogP contribution < -0.4 is 10.0 Å². The van der Waals surface area contributed by atoms with Crippen LogP contribution in [0.15, 0.2) is 23.1 Å². The zero-order valence-electron chi connectivity index (χ0n) is 14.2. The van der Waals surface area contributed by atoms with Crippen molar-refractivity contribution in [2.45, 2.75) is 30.3 Å². The van der Waals surface area contributed by atoms with Crippen molar-refractivity contribution in [1.29, 1.82) is 0 Å². The van der Waals surface area contributed by atoms with Crippen molar-refractivity contribution in [1.82, 2.24) is 4.72 Å². The minimum Gasteiger partial charge on any atom is -0.478 e. The summed E-state index contributed by atoms with van der Waals surface area (Å²) in [4.78, 5) is 11.4. The molecule has 1 atom stereocenters. The molecular formula is C16H24N2O6S. The first-order valence-corrected chi connectivity index (χ1v) is 9.64. The van der Waals surface area contributed by atoms with Crippen LogP contribution >= 0.6 is 0 Å². The van der Waals surface area contributed by atoms with Crippen molar-refractivity contribution in [2.75, 3.05) is 38.7 Å². The monoisotopic (exact) mass is 372 g/mol. The molecule has 0 aliphatic carbocycles. The highest BCUT2D eigenvalue weighted by atomic mass is 32.2. The number of carbonyl (C=O) groups is 1. The van der Waals surface area contributed by atoms with Crippen molar-refractivity contribution in [2.24, 2.45) is 0 Å². The summed E-state index contributed by atoms with van der Waals surface area (Å²) in [7, 11) is -2.23. The molecule has 25 heavy (non-hydrogen) atoms. The second kappa shape index (κ2) is 9.14. The van der Waals surface area contributed by atoms with Gasteiger partial charge in [-0.1, -0.05) is 0 Å². The van der Waals surface area contributed by atoms with Crippen molar-refractivity contribution in [3.63, 3.8) is 0 Å². The minimum atomic E-state index is -3.77. The van der Waals surface area contributed by atoms with Gasteiger partial charge in [0, 0.05) is 39.1 Å². The molecule has 1 saturated heterocycles. The van der Waals surface area contributed by atoms with Gasteiger partial charge in [0.2, 0.25) is 10.0 Å². The second-order valence-electron chi connectivity index (χ2n) is 5.77. The maximum Gasteiger partial charge on any atom is 0.337 e. The predicted molar refractivity (Wildman–Crippen MR) is 92.5 cm³/mol. The number of ether oxygens (including phenoxy) is 2. The summed E-state index contributed by atoms with van der Waals surface area (Å²) in [6.45, 7) is 1.86. The van der Waals surface area contributed by atoms with Gasteiger partial charge in [-0.2, -0.15) is 0 Å². The molecule has 1 fully saturated rings. The van der Waals surface area contributed by atoms with E-state index in [9.17, 15) is 18.3 Å². The number of hydrogen-bond acceptors (Lipinski definition) is 6. The molecule has 0 radical (unpaired) electrons. The fourth-order valence-electron chi connectivity index (χ4n) is 2.56. The smallest absolute Gasteiger partial charge is 0.337 e. The van der Waals surface area contributed by atoms with Crippen LogP contribution in [0.4, 0.5) is 5.69 Å². The molecule has 0 bridgehead atoms. The van der Waals surface area contributed by atoms with Crippen molar-refractivity contribution in [3.8, 4) is 0 Å². The Bertz CT molecular complexity index is 686. The van der Waals surface area contributed by atoms with Gasteiger partial charge in [0.25, 0.3) is 0 Å². The number of anilines is 1. The molecule has 9 heteroatoms. The van der Waals surface area contributed by atoms with Crippen LogP contribution in [0.2, 0.25) is 0 Å². The Morgan fingerprint density at radius 2 is 2.24 bits per heavy atom. The molecule has 0 spiro atoms. The molecule has 0 saturated carbocycles. The largest absolute Gasteiger partial charge is 0.478 e. The molecule has 2 rings (SSSR count). The number of carboxylic acids is 1. The van der Waals surface area contributed by atoms with Crippen molar-refractivity contribution >= 4 is 21.7 Å². The lowest BCUT2D eigenvalue weighted by molar-refractivity contribution is 0.0697. The Hall–Kier alpha value is -1.68. The third-order valence-electron chi connectivity index (χ3n) is 3.89. The molecular weight excluding hydrogens is 348 g/mol. The Kier molecular flexibility index (Phi) is 7.18. The van der Waals surface area contributed by atoms with E-state index in [1.54, 1.807) is 0 Å². The summed E-state index contributed by atoms with van der Waals surface area (Å²) in [6.07, 6.45) is 2.49. The van der Waals surface area contributed by atoms with E-state index in [1.165, 1.54) is 25.3 Å². The number of methoxy groups -OCH3 is 1. The lowest BCUT2D eigenvalue weighted by Gasteiger charge is -2.15. The Labute approximate surface area is 147 Å². The second-order valence-corrected chi connectivity index (χ2v) is 7.54. The maximum atomic E-state index is 12.3. The van der Waals surface area contributed by atoms with E-state index in [0.717, 1.165) is 12.8 Å². The van der Waals surface area contributed by atoms with Crippen LogP contribution in [0.5, 0.6) is 0 Å². The number of nitrogens with one attached hydrogen (secondary N) is 2. The van der Waals surface area contributed by atoms with Gasteiger partial charge < -0.3 is 19.9 Å². The SMILES string of the molecule is COCCCNS(=O)(=O)c1ccc(NC[C@@H]2CCCO2)c(C(=O)O)c1. The summed E-state index contributed by atoms with van der Waals surface area (Å²) < 4.78 is 37.3. The normalized spacial score (nSPS) is 17.6. The van der Waals surface area contributed by atoms with E-state index in [1.807, 2.05) is 0 Å². The molecule has 0 unspecified atom stereocenters. The van der Waals surface area contributed by atoms with Gasteiger partial charge >= 0.3 is 5.97 Å². The van der Waals surface area contributed by atoms with Crippen LogP contribution in [0.25, 0.3) is 0 Å². The number of benzene rings is 1. The Morgan fingerprint density at radius 1 is 1.44 bits per heavy atom. The summed E-state index contributed by atoms with van der Waals surface area (Å²) in [5.74, 6) is -1.19. The Balaban J connectivity index is 2.09. The fraction of sp³-hybridized carbons (Fsp3) is 0.562. The van der Waals surface area contributed by atoms with E-state index in [0.29, 0.717) is 31.9 Å². The van der Waals surface area contributed by atoms with Gasteiger partial charge in [-0.15, -0.1) is 0 Å². The van der Waals surface area contributed by atoms with Crippen LogP contribution in [0.3, 0.4) is 0 Å². The lowest BCUT2D eigenvalue weighted by atomic mass is 10.1. The third kappa shape index (κ3) is 5.67. The first-order valence-electron chi connectivity index (χ1n) is 8.15. The van der Waals surface area contributed by atoms with E-state index < -0.39 is 16.0 Å². The molecule has 0 amide bonds. The first kappa shape index (κ1) is 19.6. The molecule has 0 aromatic heterocycles. The highest BCUT2D eigenvalue weighted by molar-refractivity contribution is 7.89. The molecule has 1 aliphatic heterocycles. The third-order valence-corrected chi connectivity index (χ3v) is 5.35. The van der Waals surface area contributed by atoms with Gasteiger partial charge in [-0.25, -0.2) is 17.9 Å². The van der Waals surface area contributed by atoms with Gasteiger partial charge in [0.15, 0.2) is 0 Å². The molecule has 8 nitrogen and oxygen atoms in total. The quantitative estimate of drug-likeness (QED) is 0.530. The molecule has 1 heterocycles. The molecule has 140 valence electrons. The fourth-order valence-corrected chi connectivity index (χ4v) is 3.66. The van der Waals surface area contributed by atoms with Crippen LogP contribution in [0, 0.1) is 0 Å². The number of rotatable bonds is 10. The molecule has 1 aromatic rings. The zero-order valence-corrected chi connectivity index (χ0v) is 15.0. The highest BCUT2D eigenvalue weighted by Gasteiger charge is 2.20. The summed E-state index contributed by atoms with van der Waals surface area (Å²) in [6, 6.07) is 4.03. The van der Waals surface area contributed by atoms with Crippen LogP contribution in [0.1, 0.15) is 29.6 Å². The maximum absolute atomic E-state index is 12.3. The van der Waals surface area contributed by atoms with E-state index in [-0.39, 0.29) is 23.1 Å². The van der Waals surface area contributed by atoms with E-state index >= 15 is 0 Å². The predicted octanol–water partition coefficient (Wildman–Crippen LogP) is 1.29. The number of aromatic carboxylic acids is 1. The van der Waals surface area contributed by atoms with E-state index in [2.05, 4.69) is 10.0 Å². The minimum absolute atomic E-state index is 0.0486. The van der Waals surface area contributed by atoms with Gasteiger partial charge in [0.05, 0.1) is 16.6 Å². The van der Waals surface area contributed by atoms with Crippen molar-refractivity contribution in [3.05, 3.63) is 23.8 Å². The average molecular weight is 372 g/mol. The van der Waals surface area contributed by atoms with Gasteiger partial charge in [0.1, 0.15) is 0 Å². The lowest BCUT2D eigenvalue weighted by Crippen LogP contribution is -2.26. The summed E-state index contributed by atoms with van der Waals surface area (Å²) in [5.41, 5.74) is 0.291. The number of sulfonamides is 1. The van der Waals surface area contributed by atoms with Gasteiger partial charge in [-0.05, 0) is 37.5 Å². The molecule has 1 aromatic carbocycles.